The van der Waals surface area contributed by atoms with Crippen molar-refractivity contribution in [3.05, 3.63) is 0 Å². The van der Waals surface area contributed by atoms with Gasteiger partial charge in [-0.1, -0.05) is 27.2 Å². The molecule has 4 atom stereocenters. The van der Waals surface area contributed by atoms with Gasteiger partial charge in [-0.2, -0.15) is 0 Å². The molecule has 2 heterocycles. The summed E-state index contributed by atoms with van der Waals surface area (Å²) in [5.74, 6) is 1.59. The Labute approximate surface area is 147 Å². The molecule has 138 valence electrons. The third-order valence-corrected chi connectivity index (χ3v) is 6.51. The molecule has 5 nitrogen and oxygen atoms in total. The van der Waals surface area contributed by atoms with E-state index in [1.54, 1.807) is 0 Å². The largest absolute Gasteiger partial charge is 0.377 e. The monoisotopic (exact) mass is 336 g/mol. The number of hydrogen-bond acceptors (Lipinski definition) is 3. The fourth-order valence-electron chi connectivity index (χ4n) is 5.08. The molecular formula is C19H36N4O. The number of piperidine rings is 1. The van der Waals surface area contributed by atoms with Crippen molar-refractivity contribution in [3.63, 3.8) is 0 Å². The van der Waals surface area contributed by atoms with E-state index in [4.69, 9.17) is 4.74 Å². The summed E-state index contributed by atoms with van der Waals surface area (Å²) in [6, 6.07) is 1.10. The van der Waals surface area contributed by atoms with Crippen LogP contribution in [0.1, 0.15) is 52.9 Å². The summed E-state index contributed by atoms with van der Waals surface area (Å²) in [4.78, 5) is 7.08. The Bertz CT molecular complexity index is 451. The molecule has 24 heavy (non-hydrogen) atoms. The first-order chi connectivity index (χ1) is 11.6. The molecule has 0 bridgehead atoms. The van der Waals surface area contributed by atoms with Crippen LogP contribution in [0.25, 0.3) is 0 Å². The van der Waals surface area contributed by atoms with Crippen molar-refractivity contribution < 1.29 is 4.74 Å². The van der Waals surface area contributed by atoms with Crippen molar-refractivity contribution in [2.75, 3.05) is 33.3 Å². The molecule has 1 saturated carbocycles. The molecular weight excluding hydrogens is 300 g/mol. The number of fused-ring (bicyclic) bond motifs is 1. The molecule has 4 unspecified atom stereocenters. The molecule has 3 rings (SSSR count). The third kappa shape index (κ3) is 3.43. The Hall–Kier alpha value is -0.810. The Morgan fingerprint density at radius 1 is 1.25 bits per heavy atom. The third-order valence-electron chi connectivity index (χ3n) is 6.51. The van der Waals surface area contributed by atoms with Crippen molar-refractivity contribution >= 4 is 5.96 Å². The predicted octanol–water partition coefficient (Wildman–Crippen LogP) is 2.23. The number of aliphatic imine (C=N–C) groups is 1. The molecule has 5 heteroatoms. The molecule has 2 N–H and O–H groups in total. The van der Waals surface area contributed by atoms with E-state index >= 15 is 0 Å². The molecule has 0 aromatic carbocycles. The van der Waals surface area contributed by atoms with Gasteiger partial charge in [0, 0.05) is 43.6 Å². The Balaban J connectivity index is 1.53. The van der Waals surface area contributed by atoms with Crippen LogP contribution in [-0.2, 0) is 4.74 Å². The number of nitrogens with zero attached hydrogens (tertiary/aromatic N) is 2. The van der Waals surface area contributed by atoms with Crippen LogP contribution in [0.2, 0.25) is 0 Å². The predicted molar refractivity (Wildman–Crippen MR) is 99.4 cm³/mol. The maximum Gasteiger partial charge on any atom is 0.191 e. The highest BCUT2D eigenvalue weighted by Gasteiger charge is 2.58. The van der Waals surface area contributed by atoms with Crippen molar-refractivity contribution in [3.8, 4) is 0 Å². The van der Waals surface area contributed by atoms with E-state index in [1.807, 2.05) is 7.05 Å². The fourth-order valence-corrected chi connectivity index (χ4v) is 5.08. The smallest absolute Gasteiger partial charge is 0.191 e. The van der Waals surface area contributed by atoms with Crippen LogP contribution < -0.4 is 10.6 Å². The lowest BCUT2D eigenvalue weighted by molar-refractivity contribution is -0.188. The highest BCUT2D eigenvalue weighted by atomic mass is 16.5. The second kappa shape index (κ2) is 7.61. The summed E-state index contributed by atoms with van der Waals surface area (Å²) in [7, 11) is 1.88. The average Bonchev–Trinajstić information content (AvgIpc) is 2.62. The first-order valence-corrected chi connectivity index (χ1v) is 9.90. The van der Waals surface area contributed by atoms with Crippen LogP contribution in [-0.4, -0.2) is 62.3 Å². The molecule has 0 aromatic rings. The van der Waals surface area contributed by atoms with Crippen LogP contribution >= 0.6 is 0 Å². The quantitative estimate of drug-likeness (QED) is 0.610. The molecule has 0 spiro atoms. The van der Waals surface area contributed by atoms with Gasteiger partial charge in [-0.25, -0.2) is 0 Å². The molecule has 3 aliphatic rings. The summed E-state index contributed by atoms with van der Waals surface area (Å²) in [5, 5.41) is 7.30. The van der Waals surface area contributed by atoms with Gasteiger partial charge in [0.1, 0.15) is 0 Å². The van der Waals surface area contributed by atoms with Gasteiger partial charge < -0.3 is 15.4 Å². The molecule has 0 aromatic heterocycles. The van der Waals surface area contributed by atoms with Crippen LogP contribution in [0.3, 0.4) is 0 Å². The summed E-state index contributed by atoms with van der Waals surface area (Å²) < 4.78 is 6.01. The van der Waals surface area contributed by atoms with Crippen LogP contribution in [0, 0.1) is 11.3 Å². The van der Waals surface area contributed by atoms with E-state index in [0.717, 1.165) is 25.7 Å². The van der Waals surface area contributed by atoms with Crippen molar-refractivity contribution in [1.29, 1.82) is 0 Å². The maximum atomic E-state index is 6.01. The Morgan fingerprint density at radius 2 is 2.08 bits per heavy atom. The van der Waals surface area contributed by atoms with E-state index < -0.39 is 0 Å². The Morgan fingerprint density at radius 3 is 2.83 bits per heavy atom. The molecule has 1 aliphatic carbocycles. The number of ether oxygens (including phenoxy) is 1. The minimum atomic E-state index is 0.184. The van der Waals surface area contributed by atoms with Crippen molar-refractivity contribution in [2.45, 2.75) is 71.1 Å². The van der Waals surface area contributed by atoms with E-state index in [-0.39, 0.29) is 5.41 Å². The average molecular weight is 337 g/mol. The number of guanidine groups is 1. The highest BCUT2D eigenvalue weighted by molar-refractivity contribution is 5.80. The van der Waals surface area contributed by atoms with Gasteiger partial charge in [0.25, 0.3) is 0 Å². The van der Waals surface area contributed by atoms with Gasteiger partial charge in [0.05, 0.1) is 6.10 Å². The molecule has 0 amide bonds. The zero-order chi connectivity index (χ0) is 17.2. The zero-order valence-corrected chi connectivity index (χ0v) is 16.0. The van der Waals surface area contributed by atoms with Gasteiger partial charge in [-0.05, 0) is 38.8 Å². The summed E-state index contributed by atoms with van der Waals surface area (Å²) >= 11 is 0. The summed E-state index contributed by atoms with van der Waals surface area (Å²) in [6.07, 6.45) is 6.87. The van der Waals surface area contributed by atoms with Crippen molar-refractivity contribution in [2.24, 2.45) is 16.3 Å². The van der Waals surface area contributed by atoms with E-state index in [9.17, 15) is 0 Å². The lowest BCUT2D eigenvalue weighted by Gasteiger charge is -2.60. The second-order valence-electron chi connectivity index (χ2n) is 8.27. The first-order valence-electron chi connectivity index (χ1n) is 9.90. The number of likely N-dealkylation sites (N-methyl/N-ethyl adjacent to an activating group) is 1. The first kappa shape index (κ1) is 18.0. The van der Waals surface area contributed by atoms with Gasteiger partial charge in [-0.3, -0.25) is 9.89 Å². The molecule has 0 radical (unpaired) electrons. The number of rotatable bonds is 4. The second-order valence-corrected chi connectivity index (χ2v) is 8.27. The maximum absolute atomic E-state index is 6.01. The number of nitrogens with one attached hydrogen (secondary N) is 2. The van der Waals surface area contributed by atoms with Crippen LogP contribution in [0.5, 0.6) is 0 Å². The minimum Gasteiger partial charge on any atom is -0.377 e. The summed E-state index contributed by atoms with van der Waals surface area (Å²) in [5.41, 5.74) is 0.184. The fraction of sp³-hybridized carbons (Fsp3) is 0.947. The van der Waals surface area contributed by atoms with Crippen molar-refractivity contribution in [1.82, 2.24) is 15.5 Å². The summed E-state index contributed by atoms with van der Waals surface area (Å²) in [6.45, 7) is 11.2. The highest BCUT2D eigenvalue weighted by Crippen LogP contribution is 2.51. The topological polar surface area (TPSA) is 48.9 Å². The molecule has 3 fully saturated rings. The molecule has 2 aliphatic heterocycles. The normalized spacial score (nSPS) is 36.6. The minimum absolute atomic E-state index is 0.184. The SMILES string of the molecule is CCN1CCCCC1CNC(=NC)NC1C2CCCOC2C1(C)C. The van der Waals surface area contributed by atoms with Gasteiger partial charge in [0.2, 0.25) is 0 Å². The lowest BCUT2D eigenvalue weighted by atomic mass is 9.55. The van der Waals surface area contributed by atoms with E-state index in [0.29, 0.717) is 24.1 Å². The zero-order valence-electron chi connectivity index (χ0n) is 16.0. The number of likely N-dealkylation sites (tertiary alicyclic amines) is 1. The lowest BCUT2D eigenvalue weighted by Crippen LogP contribution is -2.71. The van der Waals surface area contributed by atoms with E-state index in [2.05, 4.69) is 41.3 Å². The van der Waals surface area contributed by atoms with Crippen LogP contribution in [0.4, 0.5) is 0 Å². The molecule has 2 saturated heterocycles. The number of hydrogen-bond donors (Lipinski definition) is 2. The van der Waals surface area contributed by atoms with Crippen LogP contribution in [0.15, 0.2) is 4.99 Å². The Kier molecular flexibility index (Phi) is 5.70. The standard InChI is InChI=1S/C19H36N4O/c1-5-23-11-7-6-9-14(23)13-21-18(20-4)22-16-15-10-8-12-24-17(15)19(16,2)3/h14-17H,5-13H2,1-4H3,(H2,20,21,22). The van der Waals surface area contributed by atoms with Gasteiger partial charge in [0.15, 0.2) is 5.96 Å². The van der Waals surface area contributed by atoms with Gasteiger partial charge >= 0.3 is 0 Å². The van der Waals surface area contributed by atoms with E-state index in [1.165, 1.54) is 38.6 Å². The van der Waals surface area contributed by atoms with Gasteiger partial charge in [-0.15, -0.1) is 0 Å².